The van der Waals surface area contributed by atoms with Crippen molar-refractivity contribution in [2.75, 3.05) is 31.1 Å². The van der Waals surface area contributed by atoms with Gasteiger partial charge in [-0.3, -0.25) is 0 Å². The van der Waals surface area contributed by atoms with Gasteiger partial charge in [0.1, 0.15) is 0 Å². The number of rotatable bonds is 3. The molecule has 0 aliphatic carbocycles. The van der Waals surface area contributed by atoms with Crippen LogP contribution >= 0.6 is 11.6 Å². The highest BCUT2D eigenvalue weighted by molar-refractivity contribution is 7.91. The standard InChI is InChI=1S/C18H22ClN3O2S/c19-16-9-15-1-2-17(21-18(15)20-10-16)14-3-6-22(7-4-14)11-13-5-8-25(23,24)12-13/h1-2,9-10,13-14H,3-8,11-12H2. The first-order valence-corrected chi connectivity index (χ1v) is 11.0. The molecule has 0 amide bonds. The molecule has 4 rings (SSSR count). The van der Waals surface area contributed by atoms with Gasteiger partial charge >= 0.3 is 0 Å². The van der Waals surface area contributed by atoms with Crippen LogP contribution in [0.15, 0.2) is 24.4 Å². The van der Waals surface area contributed by atoms with Gasteiger partial charge in [0.15, 0.2) is 15.5 Å². The van der Waals surface area contributed by atoms with E-state index in [1.165, 1.54) is 0 Å². The highest BCUT2D eigenvalue weighted by Gasteiger charge is 2.30. The second-order valence-corrected chi connectivity index (χ2v) is 9.95. The maximum atomic E-state index is 11.6. The average Bonchev–Trinajstić information content (AvgIpc) is 2.93. The van der Waals surface area contributed by atoms with Gasteiger partial charge in [0.05, 0.1) is 16.5 Å². The Kier molecular flexibility index (Phi) is 4.69. The number of fused-ring (bicyclic) bond motifs is 1. The van der Waals surface area contributed by atoms with E-state index >= 15 is 0 Å². The third-order valence-electron chi connectivity index (χ3n) is 5.38. The van der Waals surface area contributed by atoms with Crippen molar-refractivity contribution >= 4 is 32.5 Å². The van der Waals surface area contributed by atoms with E-state index in [0.29, 0.717) is 28.4 Å². The zero-order valence-corrected chi connectivity index (χ0v) is 15.6. The van der Waals surface area contributed by atoms with Gasteiger partial charge in [-0.1, -0.05) is 11.6 Å². The fourth-order valence-corrected chi connectivity index (χ4v) is 6.03. The van der Waals surface area contributed by atoms with Crippen LogP contribution in [0, 0.1) is 5.92 Å². The minimum atomic E-state index is -2.78. The molecule has 0 radical (unpaired) electrons. The SMILES string of the molecule is O=S1(=O)CCC(CN2CCC(c3ccc4cc(Cl)cnc4n3)CC2)C1. The van der Waals surface area contributed by atoms with Crippen LogP contribution < -0.4 is 0 Å². The van der Waals surface area contributed by atoms with Gasteiger partial charge < -0.3 is 4.90 Å². The molecule has 0 bridgehead atoms. The number of hydrogen-bond donors (Lipinski definition) is 0. The maximum absolute atomic E-state index is 11.6. The summed E-state index contributed by atoms with van der Waals surface area (Å²) < 4.78 is 23.2. The van der Waals surface area contributed by atoms with E-state index in [2.05, 4.69) is 16.0 Å². The van der Waals surface area contributed by atoms with E-state index < -0.39 is 9.84 Å². The minimum Gasteiger partial charge on any atom is -0.303 e. The highest BCUT2D eigenvalue weighted by Crippen LogP contribution is 2.29. The summed E-state index contributed by atoms with van der Waals surface area (Å²) in [5, 5.41) is 1.60. The number of piperidine rings is 1. The van der Waals surface area contributed by atoms with Gasteiger partial charge in [0.25, 0.3) is 0 Å². The van der Waals surface area contributed by atoms with Crippen molar-refractivity contribution in [1.82, 2.24) is 14.9 Å². The lowest BCUT2D eigenvalue weighted by Crippen LogP contribution is -2.37. The van der Waals surface area contributed by atoms with Crippen molar-refractivity contribution in [3.63, 3.8) is 0 Å². The van der Waals surface area contributed by atoms with Crippen molar-refractivity contribution in [3.05, 3.63) is 35.1 Å². The van der Waals surface area contributed by atoms with E-state index in [4.69, 9.17) is 16.6 Å². The van der Waals surface area contributed by atoms with Gasteiger partial charge in [-0.15, -0.1) is 0 Å². The first-order valence-electron chi connectivity index (χ1n) is 8.83. The number of halogens is 1. The number of aromatic nitrogens is 2. The van der Waals surface area contributed by atoms with E-state index in [-0.39, 0.29) is 0 Å². The predicted molar refractivity (Wildman–Crippen MR) is 99.7 cm³/mol. The summed E-state index contributed by atoms with van der Waals surface area (Å²) in [7, 11) is -2.78. The lowest BCUT2D eigenvalue weighted by Gasteiger charge is -2.33. The van der Waals surface area contributed by atoms with Crippen LogP contribution in [0.4, 0.5) is 0 Å². The molecule has 4 heterocycles. The molecular weight excluding hydrogens is 358 g/mol. The Morgan fingerprint density at radius 3 is 2.72 bits per heavy atom. The summed E-state index contributed by atoms with van der Waals surface area (Å²) in [5.74, 6) is 1.50. The third kappa shape index (κ3) is 3.96. The van der Waals surface area contributed by atoms with Crippen molar-refractivity contribution in [2.24, 2.45) is 5.92 Å². The molecule has 5 nitrogen and oxygen atoms in total. The fourth-order valence-electron chi connectivity index (χ4n) is 4.02. The summed E-state index contributed by atoms with van der Waals surface area (Å²) in [4.78, 5) is 11.5. The summed E-state index contributed by atoms with van der Waals surface area (Å²) in [5.41, 5.74) is 1.85. The van der Waals surface area contributed by atoms with Crippen molar-refractivity contribution in [2.45, 2.75) is 25.2 Å². The number of sulfone groups is 1. The Morgan fingerprint density at radius 2 is 2.00 bits per heavy atom. The number of hydrogen-bond acceptors (Lipinski definition) is 5. The van der Waals surface area contributed by atoms with Crippen molar-refractivity contribution in [1.29, 1.82) is 0 Å². The number of likely N-dealkylation sites (tertiary alicyclic amines) is 1. The molecule has 2 fully saturated rings. The molecule has 0 aromatic carbocycles. The molecule has 7 heteroatoms. The van der Waals surface area contributed by atoms with Gasteiger partial charge in [0, 0.05) is 29.7 Å². The molecule has 0 saturated carbocycles. The molecule has 1 atom stereocenters. The maximum Gasteiger partial charge on any atom is 0.159 e. The van der Waals surface area contributed by atoms with Gasteiger partial charge in [-0.25, -0.2) is 18.4 Å². The summed E-state index contributed by atoms with van der Waals surface area (Å²) in [6.07, 6.45) is 4.58. The average molecular weight is 380 g/mol. The molecule has 25 heavy (non-hydrogen) atoms. The molecule has 1 unspecified atom stereocenters. The van der Waals surface area contributed by atoms with Crippen LogP contribution in [0.2, 0.25) is 5.02 Å². The van der Waals surface area contributed by atoms with Crippen LogP contribution in [-0.4, -0.2) is 54.4 Å². The molecule has 2 aromatic rings. The lowest BCUT2D eigenvalue weighted by molar-refractivity contribution is 0.188. The molecule has 2 aliphatic rings. The molecule has 134 valence electrons. The third-order valence-corrected chi connectivity index (χ3v) is 7.42. The van der Waals surface area contributed by atoms with Crippen LogP contribution in [-0.2, 0) is 9.84 Å². The van der Waals surface area contributed by atoms with Gasteiger partial charge in [-0.05, 0) is 56.5 Å². The molecule has 2 saturated heterocycles. The molecule has 0 N–H and O–H groups in total. The van der Waals surface area contributed by atoms with Crippen molar-refractivity contribution in [3.8, 4) is 0 Å². The molecule has 0 spiro atoms. The monoisotopic (exact) mass is 379 g/mol. The number of nitrogens with zero attached hydrogens (tertiary/aromatic N) is 3. The summed E-state index contributed by atoms with van der Waals surface area (Å²) in [6, 6.07) is 6.02. The Hall–Kier alpha value is -1.24. The molecule has 2 aromatic heterocycles. The van der Waals surface area contributed by atoms with E-state index in [1.807, 2.05) is 12.1 Å². The molecular formula is C18H22ClN3O2S. The van der Waals surface area contributed by atoms with Crippen LogP contribution in [0.1, 0.15) is 30.9 Å². The highest BCUT2D eigenvalue weighted by atomic mass is 35.5. The van der Waals surface area contributed by atoms with E-state index in [0.717, 1.165) is 55.6 Å². The lowest BCUT2D eigenvalue weighted by atomic mass is 9.92. The van der Waals surface area contributed by atoms with Gasteiger partial charge in [0.2, 0.25) is 0 Å². The molecule has 2 aliphatic heterocycles. The normalized spacial score (nSPS) is 24.8. The summed E-state index contributed by atoms with van der Waals surface area (Å²) in [6.45, 7) is 2.93. The minimum absolute atomic E-state index is 0.314. The van der Waals surface area contributed by atoms with Crippen LogP contribution in [0.25, 0.3) is 11.0 Å². The van der Waals surface area contributed by atoms with Crippen LogP contribution in [0.5, 0.6) is 0 Å². The quantitative estimate of drug-likeness (QED) is 0.820. The second-order valence-electron chi connectivity index (χ2n) is 7.28. The van der Waals surface area contributed by atoms with E-state index in [1.54, 1.807) is 6.20 Å². The Labute approximate surface area is 153 Å². The smallest absolute Gasteiger partial charge is 0.159 e. The Bertz CT molecular complexity index is 879. The fraction of sp³-hybridized carbons (Fsp3) is 0.556. The second kappa shape index (κ2) is 6.82. The zero-order chi connectivity index (χ0) is 17.4. The summed E-state index contributed by atoms with van der Waals surface area (Å²) >= 11 is 5.98. The topological polar surface area (TPSA) is 63.2 Å². The van der Waals surface area contributed by atoms with Crippen molar-refractivity contribution < 1.29 is 8.42 Å². The predicted octanol–water partition coefficient (Wildman–Crippen LogP) is 2.90. The number of pyridine rings is 2. The zero-order valence-electron chi connectivity index (χ0n) is 14.1. The Balaban J connectivity index is 1.38. The van der Waals surface area contributed by atoms with Crippen LogP contribution in [0.3, 0.4) is 0 Å². The van der Waals surface area contributed by atoms with Gasteiger partial charge in [-0.2, -0.15) is 0 Å². The largest absolute Gasteiger partial charge is 0.303 e. The van der Waals surface area contributed by atoms with E-state index in [9.17, 15) is 8.42 Å². The first-order chi connectivity index (χ1) is 12.0. The Morgan fingerprint density at radius 1 is 1.20 bits per heavy atom. The first kappa shape index (κ1) is 17.2.